The molecule has 1 aromatic rings. The molecule has 0 aromatic heterocycles. The van der Waals surface area contributed by atoms with Gasteiger partial charge in [0.2, 0.25) is 0 Å². The minimum absolute atomic E-state index is 0.0795. The smallest absolute Gasteiger partial charge is 0.274 e. The van der Waals surface area contributed by atoms with Crippen LogP contribution in [-0.2, 0) is 11.2 Å². The van der Waals surface area contributed by atoms with E-state index >= 15 is 0 Å². The van der Waals surface area contributed by atoms with Gasteiger partial charge in [0.1, 0.15) is 6.10 Å². The Morgan fingerprint density at radius 1 is 1.21 bits per heavy atom. The van der Waals surface area contributed by atoms with Gasteiger partial charge in [-0.1, -0.05) is 51.1 Å². The summed E-state index contributed by atoms with van der Waals surface area (Å²) in [5, 5.41) is 0. The van der Waals surface area contributed by atoms with E-state index in [0.29, 0.717) is 13.0 Å². The van der Waals surface area contributed by atoms with Gasteiger partial charge in [-0.05, 0) is 23.3 Å². The predicted molar refractivity (Wildman–Crippen MR) is 72.4 cm³/mol. The summed E-state index contributed by atoms with van der Waals surface area (Å²) in [6, 6.07) is 9.78. The van der Waals surface area contributed by atoms with E-state index in [9.17, 15) is 8.78 Å². The van der Waals surface area contributed by atoms with E-state index in [0.717, 1.165) is 5.56 Å². The third-order valence-electron chi connectivity index (χ3n) is 3.60. The lowest BCUT2D eigenvalue weighted by Crippen LogP contribution is -2.51. The van der Waals surface area contributed by atoms with Crippen LogP contribution < -0.4 is 0 Å². The molecule has 1 aliphatic rings. The summed E-state index contributed by atoms with van der Waals surface area (Å²) in [4.78, 5) is 0. The first-order valence-electron chi connectivity index (χ1n) is 6.82. The highest BCUT2D eigenvalue weighted by Gasteiger charge is 2.51. The highest BCUT2D eigenvalue weighted by atomic mass is 19.3. The maximum atomic E-state index is 14.2. The van der Waals surface area contributed by atoms with Crippen LogP contribution in [0.4, 0.5) is 8.78 Å². The molecule has 0 N–H and O–H groups in total. The Kier molecular flexibility index (Phi) is 3.95. The largest absolute Gasteiger partial charge is 0.371 e. The van der Waals surface area contributed by atoms with Crippen molar-refractivity contribution in [3.63, 3.8) is 0 Å². The standard InChI is InChI=1S/C16H22F2O/c1-15(2,3)14-16(17,18)10-13(11-19-14)9-12-7-5-4-6-8-12/h4-8,13-14H,9-11H2,1-3H3/t13-,14+/m0/s1. The Labute approximate surface area is 114 Å². The van der Waals surface area contributed by atoms with Crippen molar-refractivity contribution in [2.24, 2.45) is 11.3 Å². The lowest BCUT2D eigenvalue weighted by molar-refractivity contribution is -0.222. The fraction of sp³-hybridized carbons (Fsp3) is 0.625. The second-order valence-corrected chi connectivity index (χ2v) is 6.60. The molecule has 0 amide bonds. The average molecular weight is 268 g/mol. The predicted octanol–water partition coefficient (Wildman–Crippen LogP) is 4.32. The molecular formula is C16H22F2O. The minimum Gasteiger partial charge on any atom is -0.371 e. The summed E-state index contributed by atoms with van der Waals surface area (Å²) >= 11 is 0. The van der Waals surface area contributed by atoms with Gasteiger partial charge in [0.15, 0.2) is 0 Å². The number of halogens is 2. The Bertz CT molecular complexity index is 409. The maximum absolute atomic E-state index is 14.2. The minimum atomic E-state index is -2.74. The maximum Gasteiger partial charge on any atom is 0.274 e. The van der Waals surface area contributed by atoms with Crippen molar-refractivity contribution in [3.8, 4) is 0 Å². The first-order valence-corrected chi connectivity index (χ1v) is 6.82. The summed E-state index contributed by atoms with van der Waals surface area (Å²) in [7, 11) is 0. The van der Waals surface area contributed by atoms with E-state index in [1.165, 1.54) is 0 Å². The summed E-state index contributed by atoms with van der Waals surface area (Å²) < 4.78 is 33.9. The van der Waals surface area contributed by atoms with Gasteiger partial charge < -0.3 is 4.74 Å². The number of hydrogen-bond donors (Lipinski definition) is 0. The average Bonchev–Trinajstić information content (AvgIpc) is 2.27. The molecule has 3 heteroatoms. The van der Waals surface area contributed by atoms with Gasteiger partial charge in [-0.15, -0.1) is 0 Å². The second kappa shape index (κ2) is 5.20. The Balaban J connectivity index is 2.02. The highest BCUT2D eigenvalue weighted by molar-refractivity contribution is 5.15. The van der Waals surface area contributed by atoms with Crippen LogP contribution in [0.5, 0.6) is 0 Å². The van der Waals surface area contributed by atoms with E-state index < -0.39 is 17.4 Å². The normalized spacial score (nSPS) is 27.2. The van der Waals surface area contributed by atoms with Crippen LogP contribution in [-0.4, -0.2) is 18.6 Å². The fourth-order valence-corrected chi connectivity index (χ4v) is 2.87. The zero-order valence-electron chi connectivity index (χ0n) is 11.8. The summed E-state index contributed by atoms with van der Waals surface area (Å²) in [6.45, 7) is 5.85. The van der Waals surface area contributed by atoms with Crippen LogP contribution in [0.1, 0.15) is 32.8 Å². The molecule has 1 aromatic carbocycles. The van der Waals surface area contributed by atoms with E-state index in [1.54, 1.807) is 0 Å². The van der Waals surface area contributed by atoms with Gasteiger partial charge in [0.05, 0.1) is 6.61 Å². The summed E-state index contributed by atoms with van der Waals surface area (Å²) in [6.07, 6.45) is -0.399. The van der Waals surface area contributed by atoms with Crippen LogP contribution in [0, 0.1) is 11.3 Å². The molecule has 1 nitrogen and oxygen atoms in total. The third kappa shape index (κ3) is 3.53. The van der Waals surface area contributed by atoms with Gasteiger partial charge in [-0.2, -0.15) is 0 Å². The topological polar surface area (TPSA) is 9.23 Å². The number of alkyl halides is 2. The molecule has 2 rings (SSSR count). The molecule has 0 bridgehead atoms. The zero-order chi connectivity index (χ0) is 14.1. The number of ether oxygens (including phenoxy) is 1. The van der Waals surface area contributed by atoms with Crippen molar-refractivity contribution in [3.05, 3.63) is 35.9 Å². The second-order valence-electron chi connectivity index (χ2n) is 6.60. The molecule has 0 unspecified atom stereocenters. The van der Waals surface area contributed by atoms with Crippen LogP contribution in [0.25, 0.3) is 0 Å². The van der Waals surface area contributed by atoms with Crippen molar-refractivity contribution in [1.29, 1.82) is 0 Å². The Morgan fingerprint density at radius 2 is 1.84 bits per heavy atom. The molecule has 0 aliphatic carbocycles. The molecule has 1 fully saturated rings. The van der Waals surface area contributed by atoms with Gasteiger partial charge >= 0.3 is 0 Å². The van der Waals surface area contributed by atoms with Gasteiger partial charge in [0.25, 0.3) is 5.92 Å². The molecule has 19 heavy (non-hydrogen) atoms. The Morgan fingerprint density at radius 3 is 2.37 bits per heavy atom. The van der Waals surface area contributed by atoms with Crippen molar-refractivity contribution >= 4 is 0 Å². The number of benzene rings is 1. The first-order chi connectivity index (χ1) is 8.79. The molecule has 1 heterocycles. The Hall–Kier alpha value is -0.960. The lowest BCUT2D eigenvalue weighted by atomic mass is 9.79. The molecule has 1 aliphatic heterocycles. The molecule has 0 radical (unpaired) electrons. The lowest BCUT2D eigenvalue weighted by Gasteiger charge is -2.42. The molecule has 0 spiro atoms. The molecule has 0 saturated carbocycles. The molecular weight excluding hydrogens is 246 g/mol. The number of hydrogen-bond acceptors (Lipinski definition) is 1. The summed E-state index contributed by atoms with van der Waals surface area (Å²) in [5.41, 5.74) is 0.572. The quantitative estimate of drug-likeness (QED) is 0.776. The van der Waals surface area contributed by atoms with Crippen molar-refractivity contribution in [2.45, 2.75) is 45.6 Å². The zero-order valence-corrected chi connectivity index (χ0v) is 11.8. The van der Waals surface area contributed by atoms with Gasteiger partial charge in [-0.3, -0.25) is 0 Å². The SMILES string of the molecule is CC(C)(C)[C@H]1OC[C@@H](Cc2ccccc2)CC1(F)F. The molecule has 1 saturated heterocycles. The number of rotatable bonds is 2. The van der Waals surface area contributed by atoms with Gasteiger partial charge in [-0.25, -0.2) is 8.78 Å². The van der Waals surface area contributed by atoms with Crippen LogP contribution in [0.3, 0.4) is 0 Å². The first kappa shape index (κ1) is 14.4. The monoisotopic (exact) mass is 268 g/mol. The van der Waals surface area contributed by atoms with Crippen molar-refractivity contribution in [1.82, 2.24) is 0 Å². The van der Waals surface area contributed by atoms with Crippen LogP contribution >= 0.6 is 0 Å². The fourth-order valence-electron chi connectivity index (χ4n) is 2.87. The van der Waals surface area contributed by atoms with E-state index in [-0.39, 0.29) is 12.3 Å². The van der Waals surface area contributed by atoms with Crippen LogP contribution in [0.15, 0.2) is 30.3 Å². The van der Waals surface area contributed by atoms with Crippen molar-refractivity contribution in [2.75, 3.05) is 6.61 Å². The van der Waals surface area contributed by atoms with Crippen molar-refractivity contribution < 1.29 is 13.5 Å². The van der Waals surface area contributed by atoms with E-state index in [1.807, 2.05) is 51.1 Å². The molecule has 106 valence electrons. The van der Waals surface area contributed by atoms with Crippen LogP contribution in [0.2, 0.25) is 0 Å². The third-order valence-corrected chi connectivity index (χ3v) is 3.60. The van der Waals surface area contributed by atoms with E-state index in [4.69, 9.17) is 4.74 Å². The van der Waals surface area contributed by atoms with Gasteiger partial charge in [0, 0.05) is 6.42 Å². The highest BCUT2D eigenvalue weighted by Crippen LogP contribution is 2.42. The molecule has 2 atom stereocenters. The summed E-state index contributed by atoms with van der Waals surface area (Å²) in [5.74, 6) is -2.84. The van der Waals surface area contributed by atoms with E-state index in [2.05, 4.69) is 0 Å².